The van der Waals surface area contributed by atoms with Crippen molar-refractivity contribution in [1.82, 2.24) is 19.9 Å². The van der Waals surface area contributed by atoms with Crippen molar-refractivity contribution in [2.24, 2.45) is 0 Å². The lowest BCUT2D eigenvalue weighted by Gasteiger charge is -2.22. The summed E-state index contributed by atoms with van der Waals surface area (Å²) < 4.78 is 15.3. The molecule has 1 fully saturated rings. The van der Waals surface area contributed by atoms with Crippen LogP contribution in [0.5, 0.6) is 0 Å². The Labute approximate surface area is 171 Å². The zero-order valence-electron chi connectivity index (χ0n) is 16.1. The number of fused-ring (bicyclic) bond motifs is 1. The molecule has 0 aliphatic carbocycles. The van der Waals surface area contributed by atoms with Crippen LogP contribution in [0, 0.1) is 5.82 Å². The number of hydrogen-bond acceptors (Lipinski definition) is 6. The first-order valence-corrected chi connectivity index (χ1v) is 10.6. The minimum atomic E-state index is -0.847. The molecule has 152 valence electrons. The van der Waals surface area contributed by atoms with Crippen molar-refractivity contribution in [3.8, 4) is 0 Å². The molecule has 0 bridgehead atoms. The van der Waals surface area contributed by atoms with Gasteiger partial charge in [0, 0.05) is 13.1 Å². The number of hydrogen-bond donors (Lipinski definition) is 1. The van der Waals surface area contributed by atoms with Crippen LogP contribution >= 0.6 is 11.3 Å². The summed E-state index contributed by atoms with van der Waals surface area (Å²) in [7, 11) is 0. The van der Waals surface area contributed by atoms with E-state index in [1.165, 1.54) is 11.3 Å². The molecule has 4 rings (SSSR count). The van der Waals surface area contributed by atoms with E-state index < -0.39 is 11.4 Å². The largest absolute Gasteiger partial charge is 0.350 e. The minimum Gasteiger partial charge on any atom is -0.350 e. The van der Waals surface area contributed by atoms with Crippen LogP contribution < -0.4 is 15.8 Å². The van der Waals surface area contributed by atoms with Crippen LogP contribution in [-0.4, -0.2) is 33.1 Å². The molecule has 9 heteroatoms. The average molecular weight is 415 g/mol. The Morgan fingerprint density at radius 1 is 1.34 bits per heavy atom. The van der Waals surface area contributed by atoms with Crippen molar-refractivity contribution >= 4 is 27.3 Å². The molecule has 1 atom stereocenters. The minimum absolute atomic E-state index is 0.0798. The van der Waals surface area contributed by atoms with Gasteiger partial charge in [-0.2, -0.15) is 8.91 Å². The van der Waals surface area contributed by atoms with Crippen LogP contribution in [0.4, 0.5) is 9.52 Å². The van der Waals surface area contributed by atoms with Gasteiger partial charge in [0.25, 0.3) is 0 Å². The van der Waals surface area contributed by atoms with Gasteiger partial charge in [0.05, 0.1) is 5.69 Å². The summed E-state index contributed by atoms with van der Waals surface area (Å²) in [5, 5.41) is 7.76. The number of aryl methyl sites for hydroxylation is 1. The number of amides is 1. The quantitative estimate of drug-likeness (QED) is 0.669. The van der Waals surface area contributed by atoms with Crippen LogP contribution in [0.3, 0.4) is 0 Å². The number of anilines is 1. The molecule has 0 unspecified atom stereocenters. The van der Waals surface area contributed by atoms with Crippen LogP contribution in [-0.2, 0) is 17.8 Å². The first-order valence-electron chi connectivity index (χ1n) is 9.75. The number of carbonyl (C=O) groups is 1. The van der Waals surface area contributed by atoms with E-state index >= 15 is 0 Å². The monoisotopic (exact) mass is 415 g/mol. The van der Waals surface area contributed by atoms with Gasteiger partial charge in [0.1, 0.15) is 6.04 Å². The second-order valence-corrected chi connectivity index (χ2v) is 8.00. The second-order valence-electron chi connectivity index (χ2n) is 7.06. The number of benzene rings is 1. The van der Waals surface area contributed by atoms with Crippen molar-refractivity contribution in [3.05, 3.63) is 57.8 Å². The van der Waals surface area contributed by atoms with E-state index in [2.05, 4.69) is 15.4 Å². The fraction of sp³-hybridized carbons (Fsp3) is 0.400. The zero-order chi connectivity index (χ0) is 20.4. The van der Waals surface area contributed by atoms with Gasteiger partial charge in [-0.3, -0.25) is 9.59 Å². The highest BCUT2D eigenvalue weighted by Gasteiger charge is 2.33. The SMILES string of the molecule is CCCc1nc2sc(N3CCC[C@@H]3C(=O)NCc3ccccc3)nn2c(=O)c1F. The van der Waals surface area contributed by atoms with Gasteiger partial charge in [-0.15, -0.1) is 5.10 Å². The summed E-state index contributed by atoms with van der Waals surface area (Å²) in [6.07, 6.45) is 2.64. The third-order valence-corrected chi connectivity index (χ3v) is 5.96. The van der Waals surface area contributed by atoms with E-state index in [4.69, 9.17) is 0 Å². The maximum atomic E-state index is 14.3. The van der Waals surface area contributed by atoms with Gasteiger partial charge < -0.3 is 10.2 Å². The predicted octanol–water partition coefficient (Wildman–Crippen LogP) is 2.53. The number of aromatic nitrogens is 3. The van der Waals surface area contributed by atoms with Crippen LogP contribution in [0.2, 0.25) is 0 Å². The van der Waals surface area contributed by atoms with Gasteiger partial charge in [0.2, 0.25) is 21.8 Å². The summed E-state index contributed by atoms with van der Waals surface area (Å²) in [6, 6.07) is 9.35. The number of nitrogens with one attached hydrogen (secondary N) is 1. The van der Waals surface area contributed by atoms with Crippen molar-refractivity contribution in [1.29, 1.82) is 0 Å². The first-order chi connectivity index (χ1) is 14.1. The molecule has 29 heavy (non-hydrogen) atoms. The summed E-state index contributed by atoms with van der Waals surface area (Å²) in [4.78, 5) is 31.6. The zero-order valence-corrected chi connectivity index (χ0v) is 16.9. The molecule has 1 amide bonds. The Balaban J connectivity index is 1.56. The fourth-order valence-corrected chi connectivity index (χ4v) is 4.53. The van der Waals surface area contributed by atoms with Gasteiger partial charge in [-0.1, -0.05) is 55.0 Å². The topological polar surface area (TPSA) is 79.6 Å². The summed E-state index contributed by atoms with van der Waals surface area (Å²) in [6.45, 7) is 3.02. The first kappa shape index (κ1) is 19.5. The molecule has 2 aromatic heterocycles. The van der Waals surface area contributed by atoms with E-state index in [-0.39, 0.29) is 17.6 Å². The lowest BCUT2D eigenvalue weighted by Crippen LogP contribution is -2.43. The van der Waals surface area contributed by atoms with E-state index in [9.17, 15) is 14.0 Å². The van der Waals surface area contributed by atoms with E-state index in [1.54, 1.807) is 0 Å². The van der Waals surface area contributed by atoms with Gasteiger partial charge in [-0.05, 0) is 24.8 Å². The normalized spacial score (nSPS) is 16.5. The van der Waals surface area contributed by atoms with E-state index in [1.807, 2.05) is 42.2 Å². The number of carbonyl (C=O) groups excluding carboxylic acids is 1. The molecular formula is C20H22FN5O2S. The molecule has 0 spiro atoms. The number of nitrogens with zero attached hydrogens (tertiary/aromatic N) is 4. The van der Waals surface area contributed by atoms with Gasteiger partial charge >= 0.3 is 5.56 Å². The lowest BCUT2D eigenvalue weighted by molar-refractivity contribution is -0.122. The number of halogens is 1. The summed E-state index contributed by atoms with van der Waals surface area (Å²) in [5.74, 6) is -0.927. The van der Waals surface area contributed by atoms with Crippen LogP contribution in [0.15, 0.2) is 35.1 Å². The average Bonchev–Trinajstić information content (AvgIpc) is 3.38. The highest BCUT2D eigenvalue weighted by molar-refractivity contribution is 7.20. The standard InChI is InChI=1S/C20H22FN5O2S/c1-2-7-14-16(21)18(28)26-19(23-14)29-20(24-26)25-11-6-10-15(25)17(27)22-12-13-8-4-3-5-9-13/h3-5,8-9,15H,2,6-7,10-12H2,1H3,(H,22,27)/t15-/m1/s1. The Kier molecular flexibility index (Phi) is 5.57. The Hall–Kier alpha value is -2.81. The highest BCUT2D eigenvalue weighted by Crippen LogP contribution is 2.29. The van der Waals surface area contributed by atoms with Crippen molar-refractivity contribution in [2.45, 2.75) is 45.2 Å². The van der Waals surface area contributed by atoms with E-state index in [0.717, 1.165) is 16.5 Å². The maximum absolute atomic E-state index is 14.3. The molecule has 1 N–H and O–H groups in total. The summed E-state index contributed by atoms with van der Waals surface area (Å²) >= 11 is 1.21. The lowest BCUT2D eigenvalue weighted by atomic mass is 10.2. The Morgan fingerprint density at radius 2 is 2.14 bits per heavy atom. The van der Waals surface area contributed by atoms with Crippen molar-refractivity contribution in [2.75, 3.05) is 11.4 Å². The molecule has 1 aliphatic rings. The third-order valence-electron chi connectivity index (χ3n) is 5.01. The van der Waals surface area contributed by atoms with Crippen LogP contribution in [0.1, 0.15) is 37.4 Å². The third kappa shape index (κ3) is 3.87. The molecule has 7 nitrogen and oxygen atoms in total. The molecule has 0 saturated carbocycles. The molecule has 1 aromatic carbocycles. The molecule has 3 aromatic rings. The molecule has 3 heterocycles. The van der Waals surface area contributed by atoms with Crippen LogP contribution in [0.25, 0.3) is 4.96 Å². The van der Waals surface area contributed by atoms with Crippen molar-refractivity contribution < 1.29 is 9.18 Å². The number of rotatable bonds is 6. The highest BCUT2D eigenvalue weighted by atomic mass is 32.1. The second kappa shape index (κ2) is 8.28. The fourth-order valence-electron chi connectivity index (χ4n) is 3.55. The molecular weight excluding hydrogens is 393 g/mol. The molecule has 1 aliphatic heterocycles. The van der Waals surface area contributed by atoms with E-state index in [0.29, 0.717) is 42.4 Å². The van der Waals surface area contributed by atoms with Gasteiger partial charge in [0.15, 0.2) is 0 Å². The summed E-state index contributed by atoms with van der Waals surface area (Å²) in [5.41, 5.74) is 0.413. The van der Waals surface area contributed by atoms with Crippen molar-refractivity contribution in [3.63, 3.8) is 0 Å². The molecule has 0 radical (unpaired) electrons. The molecule has 1 saturated heterocycles. The van der Waals surface area contributed by atoms with Gasteiger partial charge in [-0.25, -0.2) is 4.98 Å². The predicted molar refractivity (Wildman–Crippen MR) is 110 cm³/mol. The maximum Gasteiger partial charge on any atom is 0.311 e. The smallest absolute Gasteiger partial charge is 0.311 e. The Morgan fingerprint density at radius 3 is 2.90 bits per heavy atom. The Bertz CT molecular complexity index is 1080.